The van der Waals surface area contributed by atoms with Crippen LogP contribution in [-0.4, -0.2) is 34.7 Å². The third kappa shape index (κ3) is 25.6. The number of ketones is 6. The Balaban J connectivity index is 0.000000535. The van der Waals surface area contributed by atoms with Crippen LogP contribution >= 0.6 is 81.2 Å². The first-order valence-electron chi connectivity index (χ1n) is 28.0. The summed E-state index contributed by atoms with van der Waals surface area (Å²) in [4.78, 5) is 71.3. The molecule has 0 fully saturated rings. The standard InChI is InChI=1S/C12H13ClF3NO.3C12H15ClO.C11H13Cl2NO.C11H14ClNO/c1-11(2,3)10(18)6-4-7(12(14,15)16)9(17)8(13)5-6;3*1-8-5-6-9(7-10(8)13)11(14)12(2,3)4;1-11(2,3)10(15)6-4-7(12)9(14)8(13)5-6;1-11(2,3)10(14)7-4-5-9(13)8(12)6-7/h4-5H,17H2,1-3H3;3*5-7H,1-4H3;4-5H,14H2,1-3H3;4-6H,13H2,1-3H3. The number of nitrogens with two attached hydrogens (primary N) is 3. The largest absolute Gasteiger partial charge is 0.418 e. The highest BCUT2D eigenvalue weighted by Gasteiger charge is 2.36. The maximum Gasteiger partial charge on any atom is 0.418 e. The van der Waals surface area contributed by atoms with E-state index in [-0.39, 0.29) is 61.2 Å². The Morgan fingerprint density at radius 2 is 0.494 bits per heavy atom. The summed E-state index contributed by atoms with van der Waals surface area (Å²) in [5.74, 6) is 0.0128. The first-order chi connectivity index (χ1) is 40.0. The van der Waals surface area contributed by atoms with Gasteiger partial charge in [-0.15, -0.1) is 0 Å². The van der Waals surface area contributed by atoms with Crippen molar-refractivity contribution >= 4 is 133 Å². The average molecular weight is 1370 g/mol. The summed E-state index contributed by atoms with van der Waals surface area (Å²) < 4.78 is 38.2. The Labute approximate surface area is 560 Å². The van der Waals surface area contributed by atoms with Gasteiger partial charge in [-0.1, -0.05) is 242 Å². The van der Waals surface area contributed by atoms with E-state index < -0.39 is 34.0 Å². The Morgan fingerprint density at radius 3 is 0.719 bits per heavy atom. The predicted molar refractivity (Wildman–Crippen MR) is 369 cm³/mol. The molecule has 0 saturated carbocycles. The van der Waals surface area contributed by atoms with Crippen molar-refractivity contribution in [2.45, 2.75) is 152 Å². The molecular weight excluding hydrogens is 1280 g/mol. The minimum Gasteiger partial charge on any atom is -0.398 e. The Kier molecular flexibility index (Phi) is 29.5. The first-order valence-corrected chi connectivity index (χ1v) is 30.6. The van der Waals surface area contributed by atoms with E-state index >= 15 is 0 Å². The van der Waals surface area contributed by atoms with E-state index in [4.69, 9.17) is 98.4 Å². The van der Waals surface area contributed by atoms with Gasteiger partial charge in [-0.25, -0.2) is 0 Å². The summed E-state index contributed by atoms with van der Waals surface area (Å²) in [5.41, 5.74) is 19.0. The maximum absolute atomic E-state index is 12.7. The van der Waals surface area contributed by atoms with Crippen LogP contribution in [0.2, 0.25) is 35.2 Å². The molecule has 6 aromatic carbocycles. The summed E-state index contributed by atoms with van der Waals surface area (Å²) in [6.45, 7) is 38.9. The summed E-state index contributed by atoms with van der Waals surface area (Å²) in [5, 5.41) is 2.75. The lowest BCUT2D eigenvalue weighted by atomic mass is 9.86. The van der Waals surface area contributed by atoms with E-state index in [0.29, 0.717) is 69.3 Å². The Bertz CT molecular complexity index is 3240. The van der Waals surface area contributed by atoms with Gasteiger partial charge in [0.05, 0.1) is 42.7 Å². The number of rotatable bonds is 6. The van der Waals surface area contributed by atoms with Crippen LogP contribution in [0.5, 0.6) is 0 Å². The van der Waals surface area contributed by atoms with Crippen LogP contribution in [0.3, 0.4) is 0 Å². The summed E-state index contributed by atoms with van der Waals surface area (Å²) in [6, 6.07) is 26.3. The molecule has 0 aromatic heterocycles. The molecule has 0 bridgehead atoms. The van der Waals surface area contributed by atoms with Crippen LogP contribution in [0.4, 0.5) is 30.2 Å². The third-order valence-electron chi connectivity index (χ3n) is 12.7. The summed E-state index contributed by atoms with van der Waals surface area (Å²) >= 11 is 41.0. The molecule has 0 atom stereocenters. The lowest BCUT2D eigenvalue weighted by Gasteiger charge is -2.19. The zero-order valence-electron chi connectivity index (χ0n) is 54.7. The van der Waals surface area contributed by atoms with Gasteiger partial charge in [0.1, 0.15) is 0 Å². The van der Waals surface area contributed by atoms with Crippen molar-refractivity contribution in [1.82, 2.24) is 0 Å². The molecule has 19 heteroatoms. The van der Waals surface area contributed by atoms with E-state index in [1.807, 2.05) is 161 Å². The predicted octanol–water partition coefficient (Wildman–Crippen LogP) is 22.8. The minimum absolute atomic E-state index is 0.00806. The van der Waals surface area contributed by atoms with Gasteiger partial charge in [-0.3, -0.25) is 28.8 Å². The lowest BCUT2D eigenvalue weighted by molar-refractivity contribution is -0.136. The van der Waals surface area contributed by atoms with Crippen LogP contribution in [0.25, 0.3) is 0 Å². The van der Waals surface area contributed by atoms with Gasteiger partial charge in [-0.05, 0) is 98.1 Å². The fourth-order valence-electron chi connectivity index (χ4n) is 7.17. The molecule has 486 valence electrons. The molecule has 0 radical (unpaired) electrons. The van der Waals surface area contributed by atoms with Crippen molar-refractivity contribution in [3.63, 3.8) is 0 Å². The fraction of sp³-hybridized carbons (Fsp3) is 0.400. The molecule has 0 saturated heterocycles. The summed E-state index contributed by atoms with van der Waals surface area (Å²) in [6.07, 6.45) is -4.64. The molecule has 0 aliphatic carbocycles. The Morgan fingerprint density at radius 1 is 0.292 bits per heavy atom. The number of alkyl halides is 3. The van der Waals surface area contributed by atoms with E-state index in [9.17, 15) is 41.9 Å². The van der Waals surface area contributed by atoms with Gasteiger partial charge in [0.15, 0.2) is 34.7 Å². The van der Waals surface area contributed by atoms with Crippen molar-refractivity contribution in [2.75, 3.05) is 17.2 Å². The van der Waals surface area contributed by atoms with Crippen LogP contribution in [0.1, 0.15) is 209 Å². The van der Waals surface area contributed by atoms with Gasteiger partial charge in [0, 0.05) is 80.9 Å². The van der Waals surface area contributed by atoms with Crippen LogP contribution < -0.4 is 17.2 Å². The molecular formula is C70H85Cl7F3N3O6. The van der Waals surface area contributed by atoms with E-state index in [1.165, 1.54) is 6.07 Å². The highest BCUT2D eigenvalue weighted by molar-refractivity contribution is 6.39. The molecule has 0 heterocycles. The van der Waals surface area contributed by atoms with Crippen LogP contribution in [0, 0.1) is 53.3 Å². The quantitative estimate of drug-likeness (QED) is 0.108. The molecule has 6 aromatic rings. The van der Waals surface area contributed by atoms with E-state index in [0.717, 1.165) is 22.8 Å². The van der Waals surface area contributed by atoms with E-state index in [2.05, 4.69) is 0 Å². The number of carbonyl (C=O) groups excluding carboxylic acids is 6. The smallest absolute Gasteiger partial charge is 0.398 e. The molecule has 6 rings (SSSR count). The number of hydrogen-bond acceptors (Lipinski definition) is 9. The van der Waals surface area contributed by atoms with E-state index in [1.54, 1.807) is 69.3 Å². The highest BCUT2D eigenvalue weighted by Crippen LogP contribution is 2.39. The molecule has 0 aliphatic heterocycles. The average Bonchev–Trinajstić information content (AvgIpc) is 3.06. The molecule has 0 spiro atoms. The minimum atomic E-state index is -4.64. The number of hydrogen-bond donors (Lipinski definition) is 3. The SMILES string of the molecule is CC(C)(C)C(=O)c1cc(Cl)c(N)c(C(F)(F)F)c1.CC(C)(C)C(=O)c1cc(Cl)c(N)c(Cl)c1.CC(C)(C)C(=O)c1ccc(N)c(Cl)c1.Cc1ccc(C(=O)C(C)(C)C)cc1Cl.Cc1ccc(C(=O)C(C)(C)C)cc1Cl.Cc1ccc(C(=O)C(C)(C)C)cc1Cl. The van der Waals surface area contributed by atoms with Crippen molar-refractivity contribution in [2.24, 2.45) is 32.5 Å². The zero-order valence-corrected chi connectivity index (χ0v) is 60.0. The number of halogens is 10. The number of aryl methyl sites for hydroxylation is 3. The van der Waals surface area contributed by atoms with Crippen molar-refractivity contribution in [1.29, 1.82) is 0 Å². The Hall–Kier alpha value is -5.44. The second-order valence-electron chi connectivity index (χ2n) is 27.4. The number of Topliss-reactive ketones (excluding diaryl/α,β-unsaturated/α-hetero) is 6. The number of carbonyl (C=O) groups is 6. The molecule has 89 heavy (non-hydrogen) atoms. The van der Waals surface area contributed by atoms with Gasteiger partial charge >= 0.3 is 6.18 Å². The van der Waals surface area contributed by atoms with Crippen molar-refractivity contribution in [3.8, 4) is 0 Å². The number of anilines is 3. The number of benzene rings is 6. The third-order valence-corrected chi connectivity index (χ3v) is 15.2. The monoisotopic (exact) mass is 1370 g/mol. The van der Waals surface area contributed by atoms with Crippen molar-refractivity contribution < 1.29 is 41.9 Å². The fourth-order valence-corrected chi connectivity index (χ4v) is 8.60. The normalized spacial score (nSPS) is 11.7. The van der Waals surface area contributed by atoms with Gasteiger partial charge in [-0.2, -0.15) is 13.2 Å². The summed E-state index contributed by atoms with van der Waals surface area (Å²) in [7, 11) is 0. The topological polar surface area (TPSA) is 180 Å². The lowest BCUT2D eigenvalue weighted by Crippen LogP contribution is -2.21. The van der Waals surface area contributed by atoms with Crippen LogP contribution in [0.15, 0.2) is 97.1 Å². The second kappa shape index (κ2) is 32.2. The number of nitrogen functional groups attached to an aromatic ring is 3. The molecule has 0 amide bonds. The molecule has 0 aliphatic rings. The molecule has 9 nitrogen and oxygen atoms in total. The van der Waals surface area contributed by atoms with Crippen LogP contribution in [-0.2, 0) is 6.18 Å². The van der Waals surface area contributed by atoms with Gasteiger partial charge in [0.25, 0.3) is 0 Å². The second-order valence-corrected chi connectivity index (χ2v) is 30.2. The molecule has 6 N–H and O–H groups in total. The maximum atomic E-state index is 12.7. The zero-order chi connectivity index (χ0) is 69.8. The highest BCUT2D eigenvalue weighted by atomic mass is 35.5. The van der Waals surface area contributed by atoms with Gasteiger partial charge < -0.3 is 17.2 Å². The van der Waals surface area contributed by atoms with Gasteiger partial charge in [0.2, 0.25) is 0 Å². The van der Waals surface area contributed by atoms with Crippen molar-refractivity contribution in [3.05, 3.63) is 188 Å². The molecule has 0 unspecified atom stereocenters. The first kappa shape index (κ1) is 81.6.